The second-order valence-corrected chi connectivity index (χ2v) is 6.85. The molecule has 2 aromatic rings. The van der Waals surface area contributed by atoms with Crippen molar-refractivity contribution in [2.75, 3.05) is 11.5 Å². The summed E-state index contributed by atoms with van der Waals surface area (Å²) in [5.41, 5.74) is 1.12. The van der Waals surface area contributed by atoms with Crippen LogP contribution < -0.4 is 5.32 Å². The Balaban J connectivity index is 1.82. The summed E-state index contributed by atoms with van der Waals surface area (Å²) < 4.78 is 1.28. The van der Waals surface area contributed by atoms with E-state index in [1.54, 1.807) is 11.3 Å². The molecule has 0 aliphatic carbocycles. The van der Waals surface area contributed by atoms with Gasteiger partial charge in [-0.05, 0) is 37.0 Å². The van der Waals surface area contributed by atoms with Crippen molar-refractivity contribution in [2.24, 2.45) is 0 Å². The molecule has 0 aliphatic heterocycles. The van der Waals surface area contributed by atoms with Gasteiger partial charge < -0.3 is 5.32 Å². The second-order valence-electron chi connectivity index (χ2n) is 4.34. The van der Waals surface area contributed by atoms with Crippen LogP contribution in [0.25, 0.3) is 10.2 Å². The molecule has 4 heteroatoms. The average molecular weight is 280 g/mol. The molecule has 0 bridgehead atoms. The number of benzene rings is 1. The molecular weight excluding hydrogens is 260 g/mol. The van der Waals surface area contributed by atoms with Gasteiger partial charge in [0.25, 0.3) is 0 Å². The van der Waals surface area contributed by atoms with Crippen molar-refractivity contribution < 1.29 is 0 Å². The molecule has 1 aromatic heterocycles. The van der Waals surface area contributed by atoms with Gasteiger partial charge >= 0.3 is 0 Å². The Morgan fingerprint density at radius 1 is 1.39 bits per heavy atom. The van der Waals surface area contributed by atoms with Gasteiger partial charge in [0.15, 0.2) is 0 Å². The summed E-state index contributed by atoms with van der Waals surface area (Å²) >= 11 is 3.80. The molecule has 0 aliphatic rings. The molecule has 2 rings (SSSR count). The van der Waals surface area contributed by atoms with Gasteiger partial charge in [-0.15, -0.1) is 11.3 Å². The van der Waals surface area contributed by atoms with Gasteiger partial charge in [0, 0.05) is 12.6 Å². The highest BCUT2D eigenvalue weighted by atomic mass is 32.2. The molecule has 0 fully saturated rings. The Morgan fingerprint density at radius 2 is 2.22 bits per heavy atom. The van der Waals surface area contributed by atoms with Crippen molar-refractivity contribution in [2.45, 2.75) is 32.9 Å². The third kappa shape index (κ3) is 3.97. The maximum atomic E-state index is 4.63. The summed E-state index contributed by atoms with van der Waals surface area (Å²) in [5, 5.41) is 4.74. The Morgan fingerprint density at radius 3 is 3.00 bits per heavy atom. The number of aromatic nitrogens is 1. The summed E-state index contributed by atoms with van der Waals surface area (Å²) in [6.07, 6.45) is 1.23. The molecule has 0 radical (unpaired) electrons. The van der Waals surface area contributed by atoms with E-state index in [2.05, 4.69) is 42.3 Å². The number of para-hydroxylation sites is 1. The van der Waals surface area contributed by atoms with Crippen molar-refractivity contribution in [3.63, 3.8) is 0 Å². The first-order chi connectivity index (χ1) is 8.79. The van der Waals surface area contributed by atoms with E-state index >= 15 is 0 Å². The monoisotopic (exact) mass is 280 g/mol. The largest absolute Gasteiger partial charge is 0.308 e. The van der Waals surface area contributed by atoms with E-state index in [0.29, 0.717) is 6.04 Å². The number of hydrogen-bond acceptors (Lipinski definition) is 4. The van der Waals surface area contributed by atoms with Gasteiger partial charge in [0.05, 0.1) is 10.2 Å². The number of fused-ring (bicyclic) bond motifs is 1. The molecule has 1 N–H and O–H groups in total. The Hall–Kier alpha value is -0.580. The molecule has 1 atom stereocenters. The minimum Gasteiger partial charge on any atom is -0.308 e. The van der Waals surface area contributed by atoms with Crippen molar-refractivity contribution in [1.82, 2.24) is 10.3 Å². The van der Waals surface area contributed by atoms with E-state index in [4.69, 9.17) is 0 Å². The van der Waals surface area contributed by atoms with E-state index in [0.717, 1.165) is 12.1 Å². The number of rotatable bonds is 7. The number of nitrogens with one attached hydrogen (secondary N) is 1. The van der Waals surface area contributed by atoms with E-state index in [1.807, 2.05) is 17.8 Å². The van der Waals surface area contributed by atoms with E-state index in [-0.39, 0.29) is 0 Å². The zero-order valence-corrected chi connectivity index (χ0v) is 12.6. The maximum absolute atomic E-state index is 4.63. The van der Waals surface area contributed by atoms with Crippen molar-refractivity contribution in [1.29, 1.82) is 0 Å². The van der Waals surface area contributed by atoms with E-state index in [1.165, 1.54) is 27.6 Å². The normalized spacial score (nSPS) is 13.0. The van der Waals surface area contributed by atoms with Crippen LogP contribution in [0.2, 0.25) is 0 Å². The lowest BCUT2D eigenvalue weighted by atomic mass is 10.2. The Bertz CT molecular complexity index is 448. The molecule has 2 nitrogen and oxygen atoms in total. The number of nitrogens with zero attached hydrogens (tertiary/aromatic N) is 1. The second kappa shape index (κ2) is 7.12. The van der Waals surface area contributed by atoms with Gasteiger partial charge in [0.1, 0.15) is 5.01 Å². The zero-order chi connectivity index (χ0) is 12.8. The van der Waals surface area contributed by atoms with Crippen LogP contribution in [0.4, 0.5) is 0 Å². The van der Waals surface area contributed by atoms with Crippen LogP contribution in [0.1, 0.15) is 25.3 Å². The maximum Gasteiger partial charge on any atom is 0.108 e. The third-order valence-electron chi connectivity index (χ3n) is 2.84. The van der Waals surface area contributed by atoms with Crippen LogP contribution in [-0.4, -0.2) is 22.5 Å². The first-order valence-electron chi connectivity index (χ1n) is 6.45. The third-order valence-corrected chi connectivity index (χ3v) is 4.81. The SMILES string of the molecule is CCSCCC(C)NCc1nc2ccccc2s1. The molecule has 0 saturated carbocycles. The highest BCUT2D eigenvalue weighted by Crippen LogP contribution is 2.21. The lowest BCUT2D eigenvalue weighted by molar-refractivity contribution is 0.537. The van der Waals surface area contributed by atoms with Crippen LogP contribution in [0.3, 0.4) is 0 Å². The lowest BCUT2D eigenvalue weighted by Gasteiger charge is -2.11. The predicted molar refractivity (Wildman–Crippen MR) is 83.5 cm³/mol. The van der Waals surface area contributed by atoms with E-state index in [9.17, 15) is 0 Å². The molecule has 1 unspecified atom stereocenters. The van der Waals surface area contributed by atoms with Gasteiger partial charge in [-0.1, -0.05) is 19.1 Å². The van der Waals surface area contributed by atoms with Crippen LogP contribution >= 0.6 is 23.1 Å². The molecule has 0 spiro atoms. The van der Waals surface area contributed by atoms with Crippen molar-refractivity contribution >= 4 is 33.3 Å². The summed E-state index contributed by atoms with van der Waals surface area (Å²) in [6, 6.07) is 8.90. The summed E-state index contributed by atoms with van der Waals surface area (Å²) in [4.78, 5) is 4.63. The standard InChI is InChI=1S/C14H20N2S2/c1-3-17-9-8-11(2)15-10-14-16-12-6-4-5-7-13(12)18-14/h4-7,11,15H,3,8-10H2,1-2H3. The molecule has 18 heavy (non-hydrogen) atoms. The number of hydrogen-bond donors (Lipinski definition) is 1. The average Bonchev–Trinajstić information content (AvgIpc) is 2.79. The number of thiazole rings is 1. The van der Waals surface area contributed by atoms with Crippen LogP contribution in [-0.2, 0) is 6.54 Å². The molecule has 0 saturated heterocycles. The number of thioether (sulfide) groups is 1. The molecular formula is C14H20N2S2. The Kier molecular flexibility index (Phi) is 5.47. The molecule has 1 heterocycles. The zero-order valence-electron chi connectivity index (χ0n) is 11.0. The summed E-state index contributed by atoms with van der Waals surface area (Å²) in [6.45, 7) is 5.35. The molecule has 0 amide bonds. The lowest BCUT2D eigenvalue weighted by Crippen LogP contribution is -2.25. The quantitative estimate of drug-likeness (QED) is 0.778. The van der Waals surface area contributed by atoms with Crippen molar-refractivity contribution in [3.05, 3.63) is 29.3 Å². The highest BCUT2D eigenvalue weighted by Gasteiger charge is 2.05. The Labute approximate surface area is 117 Å². The highest BCUT2D eigenvalue weighted by molar-refractivity contribution is 7.99. The first kappa shape index (κ1) is 13.8. The first-order valence-corrected chi connectivity index (χ1v) is 8.42. The van der Waals surface area contributed by atoms with Gasteiger partial charge in [-0.2, -0.15) is 11.8 Å². The minimum atomic E-state index is 0.566. The fourth-order valence-electron chi connectivity index (χ4n) is 1.76. The van der Waals surface area contributed by atoms with Gasteiger partial charge in [-0.3, -0.25) is 0 Å². The summed E-state index contributed by atoms with van der Waals surface area (Å²) in [5.74, 6) is 2.45. The molecule has 1 aromatic carbocycles. The van der Waals surface area contributed by atoms with Crippen molar-refractivity contribution in [3.8, 4) is 0 Å². The topological polar surface area (TPSA) is 24.9 Å². The van der Waals surface area contributed by atoms with Gasteiger partial charge in [0.2, 0.25) is 0 Å². The van der Waals surface area contributed by atoms with Gasteiger partial charge in [-0.25, -0.2) is 4.98 Å². The smallest absolute Gasteiger partial charge is 0.108 e. The minimum absolute atomic E-state index is 0.566. The molecule has 98 valence electrons. The van der Waals surface area contributed by atoms with Crippen LogP contribution in [0, 0.1) is 0 Å². The van der Waals surface area contributed by atoms with Crippen LogP contribution in [0.5, 0.6) is 0 Å². The fourth-order valence-corrected chi connectivity index (χ4v) is 3.49. The fraction of sp³-hybridized carbons (Fsp3) is 0.500. The van der Waals surface area contributed by atoms with Crippen LogP contribution in [0.15, 0.2) is 24.3 Å². The predicted octanol–water partition coefficient (Wildman–Crippen LogP) is 3.92. The summed E-state index contributed by atoms with van der Waals surface area (Å²) in [7, 11) is 0. The van der Waals surface area contributed by atoms with E-state index < -0.39 is 0 Å².